The highest BCUT2D eigenvalue weighted by Crippen LogP contribution is 2.13. The molecule has 0 aliphatic rings. The van der Waals surface area contributed by atoms with Crippen molar-refractivity contribution in [3.05, 3.63) is 24.8 Å². The molecule has 0 saturated carbocycles. The van der Waals surface area contributed by atoms with E-state index in [-0.39, 0.29) is 0 Å². The van der Waals surface area contributed by atoms with Crippen LogP contribution in [-0.4, -0.2) is 22.2 Å². The zero-order chi connectivity index (χ0) is 19.9. The van der Waals surface area contributed by atoms with Crippen molar-refractivity contribution in [1.29, 1.82) is 0 Å². The van der Waals surface area contributed by atoms with Crippen molar-refractivity contribution in [3.63, 3.8) is 0 Å². The van der Waals surface area contributed by atoms with Gasteiger partial charge in [-0.05, 0) is 12.8 Å². The molecule has 0 radical (unpaired) electrons. The first-order valence-corrected chi connectivity index (χ1v) is 10.3. The second-order valence-corrected chi connectivity index (χ2v) is 6.68. The normalized spacial score (nSPS) is 10.3. The standard InChI is InChI=1S/C18H36.C4H4O4/c1-3-5-7-9-11-13-15-17-18-16-14-12-10-8-6-4-2;5-3(6)1-2-4(7)8/h3H,1,4-18H2,2H3;1-2H,(H,5,6)(H,7,8). The second-order valence-electron chi connectivity index (χ2n) is 6.68. The summed E-state index contributed by atoms with van der Waals surface area (Å²) in [7, 11) is 0. The molecule has 4 nitrogen and oxygen atoms in total. The van der Waals surface area contributed by atoms with Crippen molar-refractivity contribution >= 4 is 11.9 Å². The van der Waals surface area contributed by atoms with Crippen molar-refractivity contribution in [2.45, 2.75) is 103 Å². The van der Waals surface area contributed by atoms with Crippen LogP contribution in [-0.2, 0) is 9.59 Å². The fraction of sp³-hybridized carbons (Fsp3) is 0.727. The molecule has 0 aliphatic carbocycles. The number of carboxylic acids is 2. The molecule has 0 atom stereocenters. The topological polar surface area (TPSA) is 74.6 Å². The fourth-order valence-corrected chi connectivity index (χ4v) is 2.63. The number of aliphatic carboxylic acids is 2. The Morgan fingerprint density at radius 2 is 0.962 bits per heavy atom. The number of rotatable bonds is 17. The van der Waals surface area contributed by atoms with Gasteiger partial charge in [-0.25, -0.2) is 9.59 Å². The van der Waals surface area contributed by atoms with E-state index in [1.54, 1.807) is 0 Å². The Bertz CT molecular complexity index is 345. The van der Waals surface area contributed by atoms with Crippen molar-refractivity contribution in [1.82, 2.24) is 0 Å². The molecule has 0 saturated heterocycles. The molecule has 0 aromatic heterocycles. The lowest BCUT2D eigenvalue weighted by molar-refractivity contribution is -0.134. The number of allylic oxidation sites excluding steroid dienone is 1. The van der Waals surface area contributed by atoms with E-state index in [4.69, 9.17) is 10.2 Å². The van der Waals surface area contributed by atoms with Gasteiger partial charge < -0.3 is 10.2 Å². The van der Waals surface area contributed by atoms with Crippen molar-refractivity contribution in [3.8, 4) is 0 Å². The Hall–Kier alpha value is -1.58. The van der Waals surface area contributed by atoms with Crippen LogP contribution in [0.25, 0.3) is 0 Å². The van der Waals surface area contributed by atoms with Gasteiger partial charge in [-0.1, -0.05) is 96.5 Å². The van der Waals surface area contributed by atoms with Crippen LogP contribution in [0.1, 0.15) is 103 Å². The van der Waals surface area contributed by atoms with Crippen LogP contribution in [0, 0.1) is 0 Å². The Morgan fingerprint density at radius 1 is 0.654 bits per heavy atom. The van der Waals surface area contributed by atoms with Crippen LogP contribution in [0.15, 0.2) is 24.8 Å². The molecular weight excluding hydrogens is 328 g/mol. The first-order chi connectivity index (χ1) is 12.5. The third-order valence-corrected chi connectivity index (χ3v) is 4.13. The minimum atomic E-state index is -1.26. The quantitative estimate of drug-likeness (QED) is 0.169. The molecule has 0 spiro atoms. The van der Waals surface area contributed by atoms with Gasteiger partial charge in [0.15, 0.2) is 0 Å². The summed E-state index contributed by atoms with van der Waals surface area (Å²) in [6.07, 6.45) is 24.6. The maximum absolute atomic E-state index is 9.55. The van der Waals surface area contributed by atoms with Crippen LogP contribution < -0.4 is 0 Å². The minimum absolute atomic E-state index is 0.558. The Morgan fingerprint density at radius 3 is 1.23 bits per heavy atom. The number of hydrogen-bond donors (Lipinski definition) is 2. The van der Waals surface area contributed by atoms with Crippen LogP contribution in [0.3, 0.4) is 0 Å². The minimum Gasteiger partial charge on any atom is -0.478 e. The highest BCUT2D eigenvalue weighted by Gasteiger charge is 1.93. The second kappa shape index (κ2) is 23.4. The number of unbranched alkanes of at least 4 members (excludes halogenated alkanes) is 14. The molecule has 0 aliphatic heterocycles. The van der Waals surface area contributed by atoms with Gasteiger partial charge in [0.2, 0.25) is 0 Å². The molecule has 0 amide bonds. The highest BCUT2D eigenvalue weighted by atomic mass is 16.4. The maximum Gasteiger partial charge on any atom is 0.328 e. The average molecular weight is 369 g/mol. The van der Waals surface area contributed by atoms with E-state index in [9.17, 15) is 9.59 Å². The van der Waals surface area contributed by atoms with E-state index in [0.29, 0.717) is 12.2 Å². The number of hydrogen-bond acceptors (Lipinski definition) is 2. The largest absolute Gasteiger partial charge is 0.478 e. The number of carbonyl (C=O) groups is 2. The molecule has 2 N–H and O–H groups in total. The lowest BCUT2D eigenvalue weighted by Gasteiger charge is -2.02. The first-order valence-electron chi connectivity index (χ1n) is 10.3. The van der Waals surface area contributed by atoms with Gasteiger partial charge in [0, 0.05) is 12.2 Å². The van der Waals surface area contributed by atoms with Crippen LogP contribution in [0.4, 0.5) is 0 Å². The molecule has 0 aromatic carbocycles. The average Bonchev–Trinajstić information content (AvgIpc) is 2.61. The zero-order valence-electron chi connectivity index (χ0n) is 16.8. The smallest absolute Gasteiger partial charge is 0.328 e. The molecule has 0 heterocycles. The number of carboxylic acid groups (broad SMARTS) is 2. The summed E-state index contributed by atoms with van der Waals surface area (Å²) in [5, 5.41) is 15.6. The van der Waals surface area contributed by atoms with Crippen molar-refractivity contribution < 1.29 is 19.8 Å². The Balaban J connectivity index is 0. The fourth-order valence-electron chi connectivity index (χ4n) is 2.63. The Kier molecular flexibility index (Phi) is 24.0. The summed E-state index contributed by atoms with van der Waals surface area (Å²) in [6.45, 7) is 6.05. The summed E-state index contributed by atoms with van der Waals surface area (Å²) < 4.78 is 0. The van der Waals surface area contributed by atoms with Gasteiger partial charge in [-0.2, -0.15) is 0 Å². The van der Waals surface area contributed by atoms with Crippen LogP contribution in [0.5, 0.6) is 0 Å². The lowest BCUT2D eigenvalue weighted by Crippen LogP contribution is -1.91. The summed E-state index contributed by atoms with van der Waals surface area (Å²) in [5.41, 5.74) is 0. The van der Waals surface area contributed by atoms with Gasteiger partial charge in [0.05, 0.1) is 0 Å². The van der Waals surface area contributed by atoms with Crippen molar-refractivity contribution in [2.24, 2.45) is 0 Å². The third-order valence-electron chi connectivity index (χ3n) is 4.13. The first kappa shape index (κ1) is 26.6. The zero-order valence-corrected chi connectivity index (χ0v) is 16.8. The molecule has 4 heteroatoms. The lowest BCUT2D eigenvalue weighted by atomic mass is 10.0. The third kappa shape index (κ3) is 30.3. The predicted molar refractivity (Wildman–Crippen MR) is 110 cm³/mol. The molecule has 152 valence electrons. The summed E-state index contributed by atoms with van der Waals surface area (Å²) in [4.78, 5) is 19.1. The van der Waals surface area contributed by atoms with E-state index < -0.39 is 11.9 Å². The molecule has 0 aromatic rings. The van der Waals surface area contributed by atoms with E-state index in [2.05, 4.69) is 13.5 Å². The SMILES string of the molecule is C=CCCCCCCCCCCCCCCCC.O=C(O)C=CC(=O)O. The van der Waals surface area contributed by atoms with E-state index in [1.165, 1.54) is 96.3 Å². The summed E-state index contributed by atoms with van der Waals surface area (Å²) in [6, 6.07) is 0. The van der Waals surface area contributed by atoms with E-state index in [0.717, 1.165) is 0 Å². The van der Waals surface area contributed by atoms with E-state index >= 15 is 0 Å². The van der Waals surface area contributed by atoms with Gasteiger partial charge in [-0.15, -0.1) is 6.58 Å². The van der Waals surface area contributed by atoms with Crippen molar-refractivity contribution in [2.75, 3.05) is 0 Å². The van der Waals surface area contributed by atoms with Crippen LogP contribution >= 0.6 is 0 Å². The highest BCUT2D eigenvalue weighted by molar-refractivity contribution is 5.89. The van der Waals surface area contributed by atoms with Gasteiger partial charge in [0.1, 0.15) is 0 Å². The summed E-state index contributed by atoms with van der Waals surface area (Å²) >= 11 is 0. The van der Waals surface area contributed by atoms with Gasteiger partial charge in [-0.3, -0.25) is 0 Å². The molecular formula is C22H40O4. The van der Waals surface area contributed by atoms with Gasteiger partial charge in [0.25, 0.3) is 0 Å². The maximum atomic E-state index is 9.55. The molecule has 0 rings (SSSR count). The molecule has 0 unspecified atom stereocenters. The summed E-state index contributed by atoms with van der Waals surface area (Å²) in [5.74, 6) is -2.51. The van der Waals surface area contributed by atoms with E-state index in [1.807, 2.05) is 6.08 Å². The Labute approximate surface area is 160 Å². The van der Waals surface area contributed by atoms with Gasteiger partial charge >= 0.3 is 11.9 Å². The van der Waals surface area contributed by atoms with Crippen LogP contribution in [0.2, 0.25) is 0 Å². The monoisotopic (exact) mass is 368 g/mol. The molecule has 0 bridgehead atoms. The predicted octanol–water partition coefficient (Wildman–Crippen LogP) is 6.76. The molecule has 26 heavy (non-hydrogen) atoms. The molecule has 0 fully saturated rings.